The Morgan fingerprint density at radius 3 is 2.47 bits per heavy atom. The molecule has 2 aliphatic heterocycles. The lowest BCUT2D eigenvalue weighted by Gasteiger charge is -2.23. The van der Waals surface area contributed by atoms with E-state index in [1.54, 1.807) is 18.2 Å². The standard InChI is InChI=1S/C21H21N3O5S/c1-13-8-10-14(11-9-13)30(28,29)24-12-4-7-17(24)19(25)22-16-6-3-5-15-18(16)21(27)23(2)20(15)26/h3,5-6,8-11,17H,4,7,12H2,1-2H3,(H,22,25). The Morgan fingerprint density at radius 1 is 1.07 bits per heavy atom. The summed E-state index contributed by atoms with van der Waals surface area (Å²) in [6, 6.07) is 10.2. The van der Waals surface area contributed by atoms with Crippen molar-refractivity contribution in [2.75, 3.05) is 18.9 Å². The minimum atomic E-state index is -3.84. The van der Waals surface area contributed by atoms with Gasteiger partial charge < -0.3 is 5.32 Å². The third-order valence-corrected chi connectivity index (χ3v) is 7.43. The molecule has 1 atom stereocenters. The summed E-state index contributed by atoms with van der Waals surface area (Å²) in [4.78, 5) is 38.7. The summed E-state index contributed by atoms with van der Waals surface area (Å²) in [5.74, 6) is -1.46. The number of hydrogen-bond acceptors (Lipinski definition) is 5. The lowest BCUT2D eigenvalue weighted by Crippen LogP contribution is -2.43. The number of aryl methyl sites for hydroxylation is 1. The number of anilines is 1. The lowest BCUT2D eigenvalue weighted by atomic mass is 10.1. The van der Waals surface area contributed by atoms with Crippen molar-refractivity contribution in [1.82, 2.24) is 9.21 Å². The van der Waals surface area contributed by atoms with Crippen LogP contribution in [0.15, 0.2) is 47.4 Å². The van der Waals surface area contributed by atoms with Crippen LogP contribution in [0.2, 0.25) is 0 Å². The second-order valence-corrected chi connectivity index (χ2v) is 9.36. The highest BCUT2D eigenvalue weighted by Crippen LogP contribution is 2.31. The first kappa shape index (κ1) is 20.2. The predicted molar refractivity (Wildman–Crippen MR) is 110 cm³/mol. The minimum absolute atomic E-state index is 0.129. The van der Waals surface area contributed by atoms with Crippen LogP contribution >= 0.6 is 0 Å². The van der Waals surface area contributed by atoms with Gasteiger partial charge in [0.25, 0.3) is 11.8 Å². The van der Waals surface area contributed by atoms with E-state index in [4.69, 9.17) is 0 Å². The summed E-state index contributed by atoms with van der Waals surface area (Å²) >= 11 is 0. The maximum atomic E-state index is 13.1. The van der Waals surface area contributed by atoms with Gasteiger partial charge in [0.2, 0.25) is 15.9 Å². The predicted octanol–water partition coefficient (Wildman–Crippen LogP) is 2.01. The molecule has 1 fully saturated rings. The summed E-state index contributed by atoms with van der Waals surface area (Å²) in [5, 5.41) is 2.67. The van der Waals surface area contributed by atoms with Crippen LogP contribution in [0.4, 0.5) is 5.69 Å². The zero-order valence-corrected chi connectivity index (χ0v) is 17.4. The summed E-state index contributed by atoms with van der Waals surface area (Å²) in [5.41, 5.74) is 1.49. The molecular weight excluding hydrogens is 406 g/mol. The average Bonchev–Trinajstić information content (AvgIpc) is 3.30. The molecule has 9 heteroatoms. The monoisotopic (exact) mass is 427 g/mol. The van der Waals surface area contributed by atoms with Crippen LogP contribution in [-0.2, 0) is 14.8 Å². The number of imide groups is 1. The minimum Gasteiger partial charge on any atom is -0.324 e. The number of carbonyl (C=O) groups is 3. The van der Waals surface area contributed by atoms with E-state index in [-0.39, 0.29) is 28.3 Å². The fourth-order valence-corrected chi connectivity index (χ4v) is 5.51. The number of carbonyl (C=O) groups excluding carboxylic acids is 3. The fraction of sp³-hybridized carbons (Fsp3) is 0.286. The first-order chi connectivity index (χ1) is 14.2. The highest BCUT2D eigenvalue weighted by atomic mass is 32.2. The first-order valence-electron chi connectivity index (χ1n) is 9.56. The van der Waals surface area contributed by atoms with E-state index in [1.165, 1.54) is 35.6 Å². The highest BCUT2D eigenvalue weighted by molar-refractivity contribution is 7.89. The molecule has 2 aliphatic rings. The van der Waals surface area contributed by atoms with Crippen molar-refractivity contribution in [2.45, 2.75) is 30.7 Å². The Labute approximate surface area is 174 Å². The number of hydrogen-bond donors (Lipinski definition) is 1. The molecule has 0 saturated carbocycles. The van der Waals surface area contributed by atoms with Gasteiger partial charge in [0.15, 0.2) is 0 Å². The van der Waals surface area contributed by atoms with Gasteiger partial charge >= 0.3 is 0 Å². The van der Waals surface area contributed by atoms with Crippen LogP contribution in [-0.4, -0.2) is 55.0 Å². The largest absolute Gasteiger partial charge is 0.324 e. The van der Waals surface area contributed by atoms with Gasteiger partial charge in [0.05, 0.1) is 21.7 Å². The molecule has 0 spiro atoms. The topological polar surface area (TPSA) is 104 Å². The number of amides is 3. The van der Waals surface area contributed by atoms with Gasteiger partial charge in [-0.25, -0.2) is 8.42 Å². The van der Waals surface area contributed by atoms with Gasteiger partial charge in [-0.1, -0.05) is 23.8 Å². The number of rotatable bonds is 4. The Hall–Kier alpha value is -3.04. The molecule has 2 aromatic rings. The molecule has 4 rings (SSSR count). The highest BCUT2D eigenvalue weighted by Gasteiger charge is 2.41. The summed E-state index contributed by atoms with van der Waals surface area (Å²) in [6.45, 7) is 2.10. The lowest BCUT2D eigenvalue weighted by molar-refractivity contribution is -0.119. The molecule has 1 unspecified atom stereocenters. The van der Waals surface area contributed by atoms with Crippen LogP contribution in [0.25, 0.3) is 0 Å². The fourth-order valence-electron chi connectivity index (χ4n) is 3.86. The summed E-state index contributed by atoms with van der Waals surface area (Å²) in [7, 11) is -2.46. The van der Waals surface area contributed by atoms with Gasteiger partial charge in [-0.15, -0.1) is 0 Å². The van der Waals surface area contributed by atoms with Crippen LogP contribution in [0.5, 0.6) is 0 Å². The second-order valence-electron chi connectivity index (χ2n) is 7.47. The molecule has 8 nitrogen and oxygen atoms in total. The second kappa shape index (κ2) is 7.33. The molecule has 1 saturated heterocycles. The molecule has 0 aromatic heterocycles. The van der Waals surface area contributed by atoms with Crippen molar-refractivity contribution < 1.29 is 22.8 Å². The number of sulfonamides is 1. The van der Waals surface area contributed by atoms with E-state index in [9.17, 15) is 22.8 Å². The molecule has 0 aliphatic carbocycles. The van der Waals surface area contributed by atoms with Crippen LogP contribution in [0.3, 0.4) is 0 Å². The van der Waals surface area contributed by atoms with Crippen molar-refractivity contribution in [3.8, 4) is 0 Å². The van der Waals surface area contributed by atoms with Crippen LogP contribution in [0.1, 0.15) is 39.1 Å². The van der Waals surface area contributed by atoms with E-state index >= 15 is 0 Å². The maximum absolute atomic E-state index is 13.1. The summed E-state index contributed by atoms with van der Waals surface area (Å²) < 4.78 is 27.4. The van der Waals surface area contributed by atoms with Gasteiger partial charge in [0, 0.05) is 13.6 Å². The van der Waals surface area contributed by atoms with Crippen molar-refractivity contribution >= 4 is 33.4 Å². The van der Waals surface area contributed by atoms with Crippen molar-refractivity contribution in [3.63, 3.8) is 0 Å². The SMILES string of the molecule is Cc1ccc(S(=O)(=O)N2CCCC2C(=O)Nc2cccc3c2C(=O)N(C)C3=O)cc1. The van der Waals surface area contributed by atoms with E-state index in [2.05, 4.69) is 5.32 Å². The van der Waals surface area contributed by atoms with Crippen molar-refractivity contribution in [3.05, 3.63) is 59.2 Å². The Balaban J connectivity index is 1.61. The van der Waals surface area contributed by atoms with E-state index in [1.807, 2.05) is 6.92 Å². The number of fused-ring (bicyclic) bond motifs is 1. The summed E-state index contributed by atoms with van der Waals surface area (Å²) in [6.07, 6.45) is 0.926. The zero-order valence-electron chi connectivity index (χ0n) is 16.6. The maximum Gasteiger partial charge on any atom is 0.263 e. The van der Waals surface area contributed by atoms with Crippen LogP contribution in [0, 0.1) is 6.92 Å². The Kier molecular flexibility index (Phi) is 4.95. The average molecular weight is 427 g/mol. The van der Waals surface area contributed by atoms with Crippen molar-refractivity contribution in [2.24, 2.45) is 0 Å². The Bertz CT molecular complexity index is 1160. The molecule has 156 valence electrons. The molecule has 2 aromatic carbocycles. The van der Waals surface area contributed by atoms with E-state index in [0.717, 1.165) is 10.5 Å². The third-order valence-electron chi connectivity index (χ3n) is 5.51. The van der Waals surface area contributed by atoms with Crippen molar-refractivity contribution in [1.29, 1.82) is 0 Å². The molecule has 30 heavy (non-hydrogen) atoms. The van der Waals surface area contributed by atoms with Gasteiger partial charge in [-0.3, -0.25) is 19.3 Å². The molecule has 2 heterocycles. The molecule has 3 amide bonds. The third kappa shape index (κ3) is 3.20. The van der Waals surface area contributed by atoms with Gasteiger partial charge in [-0.2, -0.15) is 4.31 Å². The molecule has 0 radical (unpaired) electrons. The van der Waals surface area contributed by atoms with E-state index in [0.29, 0.717) is 12.8 Å². The molecular formula is C21H21N3O5S. The first-order valence-corrected chi connectivity index (χ1v) is 11.0. The normalized spacial score (nSPS) is 19.3. The Morgan fingerprint density at radius 2 is 1.77 bits per heavy atom. The number of benzene rings is 2. The zero-order chi connectivity index (χ0) is 21.6. The van der Waals surface area contributed by atoms with Gasteiger partial charge in [0.1, 0.15) is 6.04 Å². The number of nitrogens with zero attached hydrogens (tertiary/aromatic N) is 2. The number of nitrogens with one attached hydrogen (secondary N) is 1. The van der Waals surface area contributed by atoms with E-state index < -0.39 is 33.8 Å². The smallest absolute Gasteiger partial charge is 0.263 e. The quantitative estimate of drug-likeness (QED) is 0.752. The molecule has 1 N–H and O–H groups in total. The van der Waals surface area contributed by atoms with Crippen LogP contribution < -0.4 is 5.32 Å². The molecule has 0 bridgehead atoms. The van der Waals surface area contributed by atoms with Gasteiger partial charge in [-0.05, 0) is 44.0 Å².